The number of benzene rings is 1. The van der Waals surface area contributed by atoms with Crippen LogP contribution in [0.25, 0.3) is 5.57 Å². The molecule has 0 aliphatic carbocycles. The van der Waals surface area contributed by atoms with Crippen LogP contribution < -0.4 is 0 Å². The van der Waals surface area contributed by atoms with Gasteiger partial charge in [0.25, 0.3) is 0 Å². The van der Waals surface area contributed by atoms with E-state index >= 15 is 0 Å². The molecule has 0 bridgehead atoms. The zero-order valence-corrected chi connectivity index (χ0v) is 12.2. The van der Waals surface area contributed by atoms with Crippen LogP contribution in [-0.2, 0) is 9.53 Å². The lowest BCUT2D eigenvalue weighted by Crippen LogP contribution is -2.08. The molecule has 0 fully saturated rings. The number of ether oxygens (including phenoxy) is 1. The Labute approximate surface area is 128 Å². The maximum absolute atomic E-state index is 13.7. The molecule has 0 N–H and O–H groups in total. The molecule has 0 atom stereocenters. The predicted molar refractivity (Wildman–Crippen MR) is 82.0 cm³/mol. The summed E-state index contributed by atoms with van der Waals surface area (Å²) in [5.41, 5.74) is 0.548. The Morgan fingerprint density at radius 2 is 2.09 bits per heavy atom. The minimum absolute atomic E-state index is 0.177. The van der Waals surface area contributed by atoms with Gasteiger partial charge in [0.1, 0.15) is 24.0 Å². The van der Waals surface area contributed by atoms with E-state index in [1.165, 1.54) is 30.4 Å². The highest BCUT2D eigenvalue weighted by Crippen LogP contribution is 2.26. The minimum Gasteiger partial charge on any atom is -0.489 e. The summed E-state index contributed by atoms with van der Waals surface area (Å²) in [6.45, 7) is 1.97. The second-order valence-electron chi connectivity index (χ2n) is 4.70. The molecule has 114 valence electrons. The van der Waals surface area contributed by atoms with Crippen molar-refractivity contribution >= 4 is 11.4 Å². The summed E-state index contributed by atoms with van der Waals surface area (Å²) < 4.78 is 32.8. The maximum atomic E-state index is 13.7. The fourth-order valence-electron chi connectivity index (χ4n) is 2.11. The number of carbonyl (C=O) groups excluding carboxylic acids is 1. The molecule has 1 aliphatic heterocycles. The summed E-state index contributed by atoms with van der Waals surface area (Å²) in [4.78, 5) is 12.4. The molecule has 1 aromatic rings. The summed E-state index contributed by atoms with van der Waals surface area (Å²) >= 11 is 0. The van der Waals surface area contributed by atoms with Crippen molar-refractivity contribution in [2.24, 2.45) is 0 Å². The number of ketones is 1. The first-order valence-corrected chi connectivity index (χ1v) is 6.92. The van der Waals surface area contributed by atoms with E-state index in [0.717, 1.165) is 0 Å². The van der Waals surface area contributed by atoms with E-state index in [9.17, 15) is 13.6 Å². The molecule has 0 saturated heterocycles. The van der Waals surface area contributed by atoms with Gasteiger partial charge in [0, 0.05) is 0 Å². The molecule has 1 aromatic carbocycles. The van der Waals surface area contributed by atoms with Crippen LogP contribution in [0.2, 0.25) is 0 Å². The van der Waals surface area contributed by atoms with Crippen molar-refractivity contribution in [3.05, 3.63) is 77.6 Å². The van der Waals surface area contributed by atoms with Crippen LogP contribution in [0.3, 0.4) is 0 Å². The fourth-order valence-corrected chi connectivity index (χ4v) is 2.11. The van der Waals surface area contributed by atoms with E-state index in [2.05, 4.69) is 0 Å². The summed E-state index contributed by atoms with van der Waals surface area (Å²) in [5.74, 6) is -1.16. The molecule has 0 aromatic heterocycles. The SMILES string of the molecule is C/C=C\C1=C(/c2cccc(F)c2)C(=O)C/C(F)=C\C=C/CO1. The van der Waals surface area contributed by atoms with E-state index in [4.69, 9.17) is 4.74 Å². The van der Waals surface area contributed by atoms with Gasteiger partial charge in [0.05, 0.1) is 12.0 Å². The zero-order valence-electron chi connectivity index (χ0n) is 12.2. The largest absolute Gasteiger partial charge is 0.489 e. The van der Waals surface area contributed by atoms with Gasteiger partial charge in [-0.25, -0.2) is 8.78 Å². The van der Waals surface area contributed by atoms with Crippen molar-refractivity contribution in [1.82, 2.24) is 0 Å². The quantitative estimate of drug-likeness (QED) is 0.803. The van der Waals surface area contributed by atoms with Crippen LogP contribution >= 0.6 is 0 Å². The lowest BCUT2D eigenvalue weighted by atomic mass is 9.97. The molecule has 0 radical (unpaired) electrons. The van der Waals surface area contributed by atoms with Crippen LogP contribution in [0.5, 0.6) is 0 Å². The van der Waals surface area contributed by atoms with E-state index in [1.807, 2.05) is 0 Å². The topological polar surface area (TPSA) is 26.3 Å². The number of hydrogen-bond donors (Lipinski definition) is 0. The molecule has 1 heterocycles. The normalized spacial score (nSPS) is 23.8. The first-order valence-electron chi connectivity index (χ1n) is 6.92. The van der Waals surface area contributed by atoms with Crippen LogP contribution in [0.15, 0.2) is 66.2 Å². The average molecular weight is 302 g/mol. The smallest absolute Gasteiger partial charge is 0.173 e. The molecular formula is C18H16F2O2. The Bertz CT molecular complexity index is 682. The van der Waals surface area contributed by atoms with Gasteiger partial charge >= 0.3 is 0 Å². The van der Waals surface area contributed by atoms with Crippen LogP contribution in [0.4, 0.5) is 8.78 Å². The average Bonchev–Trinajstić information content (AvgIpc) is 2.46. The van der Waals surface area contributed by atoms with Gasteiger partial charge in [-0.2, -0.15) is 0 Å². The lowest BCUT2D eigenvalue weighted by Gasteiger charge is -2.14. The Morgan fingerprint density at radius 3 is 2.82 bits per heavy atom. The number of rotatable bonds is 2. The molecule has 0 unspecified atom stereocenters. The third-order valence-electron chi connectivity index (χ3n) is 3.03. The molecule has 4 heteroatoms. The standard InChI is InChI=1S/C18H16F2O2/c1-2-6-17-18(13-7-5-9-14(19)11-13)16(21)12-15(20)8-3-4-10-22-17/h2-9,11H,10,12H2,1H3/b4-3-,6-2-,15-8+,18-17-. The minimum atomic E-state index is -0.545. The lowest BCUT2D eigenvalue weighted by molar-refractivity contribution is -0.113. The van der Waals surface area contributed by atoms with Gasteiger partial charge in [-0.15, -0.1) is 0 Å². The summed E-state index contributed by atoms with van der Waals surface area (Å²) in [5, 5.41) is 0. The molecule has 0 spiro atoms. The van der Waals surface area contributed by atoms with Crippen molar-refractivity contribution in [3.63, 3.8) is 0 Å². The number of allylic oxidation sites excluding steroid dienone is 6. The van der Waals surface area contributed by atoms with Gasteiger partial charge in [0.15, 0.2) is 5.78 Å². The van der Waals surface area contributed by atoms with Crippen LogP contribution in [0.1, 0.15) is 18.9 Å². The summed E-state index contributed by atoms with van der Waals surface area (Å²) in [6.07, 6.45) is 7.32. The van der Waals surface area contributed by atoms with Crippen LogP contribution in [-0.4, -0.2) is 12.4 Å². The van der Waals surface area contributed by atoms with Gasteiger partial charge < -0.3 is 4.74 Å². The first kappa shape index (κ1) is 15.9. The molecule has 0 amide bonds. The van der Waals surface area contributed by atoms with E-state index in [-0.39, 0.29) is 18.6 Å². The second-order valence-corrected chi connectivity index (χ2v) is 4.70. The highest BCUT2D eigenvalue weighted by atomic mass is 19.1. The number of halogens is 2. The Morgan fingerprint density at radius 1 is 1.27 bits per heavy atom. The number of hydrogen-bond acceptors (Lipinski definition) is 2. The highest BCUT2D eigenvalue weighted by molar-refractivity contribution is 6.22. The van der Waals surface area contributed by atoms with Crippen molar-refractivity contribution in [2.75, 3.05) is 6.61 Å². The molecule has 0 saturated carbocycles. The zero-order chi connectivity index (χ0) is 15.9. The van der Waals surface area contributed by atoms with Gasteiger partial charge in [-0.1, -0.05) is 24.3 Å². The highest BCUT2D eigenvalue weighted by Gasteiger charge is 2.20. The second kappa shape index (κ2) is 7.50. The predicted octanol–water partition coefficient (Wildman–Crippen LogP) is 4.51. The van der Waals surface area contributed by atoms with E-state index in [0.29, 0.717) is 11.3 Å². The van der Waals surface area contributed by atoms with E-state index in [1.54, 1.807) is 31.2 Å². The van der Waals surface area contributed by atoms with Gasteiger partial charge in [0.2, 0.25) is 0 Å². The summed E-state index contributed by atoms with van der Waals surface area (Å²) in [6, 6.07) is 5.63. The van der Waals surface area contributed by atoms with Gasteiger partial charge in [-0.3, -0.25) is 4.79 Å². The van der Waals surface area contributed by atoms with Crippen molar-refractivity contribution in [1.29, 1.82) is 0 Å². The Hall–Kier alpha value is -2.49. The monoisotopic (exact) mass is 302 g/mol. The fraction of sp³-hybridized carbons (Fsp3) is 0.167. The molecular weight excluding hydrogens is 286 g/mol. The number of carbonyl (C=O) groups is 1. The maximum Gasteiger partial charge on any atom is 0.173 e. The third kappa shape index (κ3) is 4.01. The molecule has 2 rings (SSSR count). The van der Waals surface area contributed by atoms with Gasteiger partial charge in [-0.05, 0) is 42.8 Å². The molecule has 1 aliphatic rings. The van der Waals surface area contributed by atoms with Crippen LogP contribution in [0, 0.1) is 5.82 Å². The third-order valence-corrected chi connectivity index (χ3v) is 3.03. The molecule has 2 nitrogen and oxygen atoms in total. The molecule has 22 heavy (non-hydrogen) atoms. The van der Waals surface area contributed by atoms with E-state index < -0.39 is 17.4 Å². The number of Topliss-reactive ketones (excluding diaryl/α,β-unsaturated/α-hetero) is 1. The Balaban J connectivity index is 2.58. The summed E-state index contributed by atoms with van der Waals surface area (Å²) in [7, 11) is 0. The Kier molecular flexibility index (Phi) is 5.42. The first-order chi connectivity index (χ1) is 10.6. The van der Waals surface area contributed by atoms with Crippen molar-refractivity contribution in [2.45, 2.75) is 13.3 Å². The van der Waals surface area contributed by atoms with Crippen molar-refractivity contribution in [3.8, 4) is 0 Å². The van der Waals surface area contributed by atoms with Crippen molar-refractivity contribution < 1.29 is 18.3 Å².